The van der Waals surface area contributed by atoms with Crippen LogP contribution < -0.4 is 15.4 Å². The molecule has 7 nitrogen and oxygen atoms in total. The minimum Gasteiger partial charge on any atom is -0.406 e. The molecular weight excluding hydrogens is 399 g/mol. The summed E-state index contributed by atoms with van der Waals surface area (Å²) in [6, 6.07) is 10.7. The number of carbonyl (C=O) groups excluding carboxylic acids is 1. The smallest absolute Gasteiger partial charge is 0.406 e. The van der Waals surface area contributed by atoms with Crippen molar-refractivity contribution in [3.8, 4) is 11.4 Å². The van der Waals surface area contributed by atoms with E-state index in [1.165, 1.54) is 18.2 Å². The number of alkyl halides is 3. The van der Waals surface area contributed by atoms with Crippen LogP contribution in [-0.4, -0.2) is 33.6 Å². The van der Waals surface area contributed by atoms with E-state index in [-0.39, 0.29) is 18.1 Å². The molecule has 10 heteroatoms. The summed E-state index contributed by atoms with van der Waals surface area (Å²) in [5.74, 6) is -0.149. The number of carbonyl (C=O) groups is 1. The Morgan fingerprint density at radius 1 is 1.20 bits per heavy atom. The fourth-order valence-electron chi connectivity index (χ4n) is 2.84. The number of hydrogen-bond donors (Lipinski definition) is 2. The molecule has 0 fully saturated rings. The largest absolute Gasteiger partial charge is 0.573 e. The number of rotatable bonds is 7. The average molecular weight is 419 g/mol. The SMILES string of the molecule is CCNC(=O)Cc1cc(Nc2cccc(OC(F)(F)F)c2)nn1-c1ccnc(C)c1. The van der Waals surface area contributed by atoms with Crippen molar-refractivity contribution in [3.05, 3.63) is 60.0 Å². The number of benzene rings is 1. The third kappa shape index (κ3) is 5.72. The van der Waals surface area contributed by atoms with Crippen molar-refractivity contribution in [2.75, 3.05) is 11.9 Å². The second-order valence-electron chi connectivity index (χ2n) is 6.42. The van der Waals surface area contributed by atoms with Crippen LogP contribution in [0.1, 0.15) is 18.3 Å². The number of anilines is 2. The fraction of sp³-hybridized carbons (Fsp3) is 0.250. The Bertz CT molecular complexity index is 1030. The van der Waals surface area contributed by atoms with Crippen molar-refractivity contribution >= 4 is 17.4 Å². The first kappa shape index (κ1) is 21.2. The highest BCUT2D eigenvalue weighted by Gasteiger charge is 2.31. The number of amides is 1. The Morgan fingerprint density at radius 2 is 2.00 bits per heavy atom. The van der Waals surface area contributed by atoms with E-state index >= 15 is 0 Å². The number of aromatic nitrogens is 3. The maximum absolute atomic E-state index is 12.5. The van der Waals surface area contributed by atoms with Gasteiger partial charge in [0.05, 0.1) is 17.8 Å². The van der Waals surface area contributed by atoms with Crippen LogP contribution in [-0.2, 0) is 11.2 Å². The number of aryl methyl sites for hydroxylation is 1. The van der Waals surface area contributed by atoms with E-state index < -0.39 is 6.36 Å². The predicted octanol–water partition coefficient (Wildman–Crippen LogP) is 3.90. The van der Waals surface area contributed by atoms with E-state index in [4.69, 9.17) is 0 Å². The molecule has 0 atom stereocenters. The van der Waals surface area contributed by atoms with Crippen LogP contribution in [0.2, 0.25) is 0 Å². The van der Waals surface area contributed by atoms with Gasteiger partial charge in [-0.1, -0.05) is 6.07 Å². The van der Waals surface area contributed by atoms with E-state index in [0.717, 1.165) is 5.69 Å². The number of hydrogen-bond acceptors (Lipinski definition) is 5. The molecule has 0 saturated carbocycles. The Labute approximate surface area is 170 Å². The molecule has 30 heavy (non-hydrogen) atoms. The zero-order chi connectivity index (χ0) is 21.7. The van der Waals surface area contributed by atoms with Crippen molar-refractivity contribution in [1.29, 1.82) is 0 Å². The van der Waals surface area contributed by atoms with Gasteiger partial charge < -0.3 is 15.4 Å². The second-order valence-corrected chi connectivity index (χ2v) is 6.42. The first-order valence-corrected chi connectivity index (χ1v) is 9.15. The molecule has 3 aromatic rings. The van der Waals surface area contributed by atoms with E-state index in [0.29, 0.717) is 29.4 Å². The molecule has 2 N–H and O–H groups in total. The van der Waals surface area contributed by atoms with Gasteiger partial charge in [-0.2, -0.15) is 0 Å². The van der Waals surface area contributed by atoms with Gasteiger partial charge in [0, 0.05) is 36.3 Å². The molecule has 158 valence electrons. The van der Waals surface area contributed by atoms with Crippen LogP contribution >= 0.6 is 0 Å². The first-order valence-electron chi connectivity index (χ1n) is 9.15. The lowest BCUT2D eigenvalue weighted by atomic mass is 10.2. The van der Waals surface area contributed by atoms with Crippen LogP contribution in [0.15, 0.2) is 48.7 Å². The topological polar surface area (TPSA) is 81.1 Å². The third-order valence-corrected chi connectivity index (χ3v) is 3.96. The Hall–Kier alpha value is -3.56. The summed E-state index contributed by atoms with van der Waals surface area (Å²) in [6.07, 6.45) is -3.06. The van der Waals surface area contributed by atoms with Crippen LogP contribution in [0.3, 0.4) is 0 Å². The van der Waals surface area contributed by atoms with Gasteiger partial charge in [-0.3, -0.25) is 9.78 Å². The molecule has 0 aliphatic heterocycles. The van der Waals surface area contributed by atoms with Gasteiger partial charge in [0.2, 0.25) is 5.91 Å². The monoisotopic (exact) mass is 419 g/mol. The molecule has 0 radical (unpaired) electrons. The zero-order valence-electron chi connectivity index (χ0n) is 16.3. The van der Waals surface area contributed by atoms with Gasteiger partial charge in [0.25, 0.3) is 0 Å². The van der Waals surface area contributed by atoms with Gasteiger partial charge in [0.15, 0.2) is 5.82 Å². The molecule has 0 aliphatic carbocycles. The summed E-state index contributed by atoms with van der Waals surface area (Å²) in [6.45, 7) is 4.16. The summed E-state index contributed by atoms with van der Waals surface area (Å²) in [4.78, 5) is 16.3. The minimum absolute atomic E-state index is 0.0844. The molecule has 0 unspecified atom stereocenters. The van der Waals surface area contributed by atoms with E-state index in [1.807, 2.05) is 19.9 Å². The molecule has 2 aromatic heterocycles. The summed E-state index contributed by atoms with van der Waals surface area (Å²) < 4.78 is 42.9. The van der Waals surface area contributed by atoms with Crippen LogP contribution in [0, 0.1) is 6.92 Å². The number of nitrogens with one attached hydrogen (secondary N) is 2. The molecule has 0 bridgehead atoms. The first-order chi connectivity index (χ1) is 14.2. The van der Waals surface area contributed by atoms with Crippen molar-refractivity contribution in [2.45, 2.75) is 26.6 Å². The maximum Gasteiger partial charge on any atom is 0.573 e. The molecule has 2 heterocycles. The number of pyridine rings is 1. The minimum atomic E-state index is -4.78. The van der Waals surface area contributed by atoms with Crippen LogP contribution in [0.25, 0.3) is 5.69 Å². The summed E-state index contributed by atoms with van der Waals surface area (Å²) in [5.41, 5.74) is 2.45. The van der Waals surface area contributed by atoms with Crippen molar-refractivity contribution < 1.29 is 22.7 Å². The normalized spacial score (nSPS) is 11.2. The number of likely N-dealkylation sites (N-methyl/N-ethyl adjacent to an activating group) is 1. The predicted molar refractivity (Wildman–Crippen MR) is 105 cm³/mol. The average Bonchev–Trinajstić information content (AvgIpc) is 3.03. The van der Waals surface area contributed by atoms with Crippen molar-refractivity contribution in [2.24, 2.45) is 0 Å². The highest BCUT2D eigenvalue weighted by molar-refractivity contribution is 5.78. The van der Waals surface area contributed by atoms with Gasteiger partial charge in [-0.25, -0.2) is 4.68 Å². The van der Waals surface area contributed by atoms with Crippen molar-refractivity contribution in [1.82, 2.24) is 20.1 Å². The summed E-state index contributed by atoms with van der Waals surface area (Å²) >= 11 is 0. The fourth-order valence-corrected chi connectivity index (χ4v) is 2.84. The lowest BCUT2D eigenvalue weighted by Gasteiger charge is -2.10. The Balaban J connectivity index is 1.90. The molecule has 0 spiro atoms. The third-order valence-electron chi connectivity index (χ3n) is 3.96. The lowest BCUT2D eigenvalue weighted by Crippen LogP contribution is -2.25. The van der Waals surface area contributed by atoms with Gasteiger partial charge >= 0.3 is 6.36 Å². The van der Waals surface area contributed by atoms with E-state index in [1.54, 1.807) is 29.1 Å². The summed E-state index contributed by atoms with van der Waals surface area (Å²) in [7, 11) is 0. The van der Waals surface area contributed by atoms with E-state index in [2.05, 4.69) is 25.5 Å². The highest BCUT2D eigenvalue weighted by atomic mass is 19.4. The molecule has 0 aliphatic rings. The quantitative estimate of drug-likeness (QED) is 0.607. The van der Waals surface area contributed by atoms with Gasteiger partial charge in [0.1, 0.15) is 5.75 Å². The number of nitrogens with zero attached hydrogens (tertiary/aromatic N) is 3. The Kier molecular flexibility index (Phi) is 6.24. The molecular formula is C20H20F3N5O2. The van der Waals surface area contributed by atoms with Crippen LogP contribution in [0.5, 0.6) is 5.75 Å². The highest BCUT2D eigenvalue weighted by Crippen LogP contribution is 2.27. The van der Waals surface area contributed by atoms with Gasteiger partial charge in [-0.15, -0.1) is 18.3 Å². The molecule has 0 saturated heterocycles. The van der Waals surface area contributed by atoms with Crippen LogP contribution in [0.4, 0.5) is 24.7 Å². The standard InChI is InChI=1S/C20H20F3N5O2/c1-3-24-19(29)12-16-11-18(27-28(16)15-7-8-25-13(2)9-15)26-14-5-4-6-17(10-14)30-20(21,22)23/h4-11H,3,12H2,1-2H3,(H,24,29)(H,26,27). The van der Waals surface area contributed by atoms with Gasteiger partial charge in [-0.05, 0) is 38.1 Å². The molecule has 1 aromatic carbocycles. The lowest BCUT2D eigenvalue weighted by molar-refractivity contribution is -0.274. The number of ether oxygens (including phenoxy) is 1. The van der Waals surface area contributed by atoms with Crippen molar-refractivity contribution in [3.63, 3.8) is 0 Å². The summed E-state index contributed by atoms with van der Waals surface area (Å²) in [5, 5.41) is 10.2. The van der Waals surface area contributed by atoms with E-state index in [9.17, 15) is 18.0 Å². The maximum atomic E-state index is 12.5. The second kappa shape index (κ2) is 8.85. The molecule has 3 rings (SSSR count). The molecule has 1 amide bonds. The zero-order valence-corrected chi connectivity index (χ0v) is 16.3. The number of halogens is 3. The Morgan fingerprint density at radius 3 is 2.70 bits per heavy atom.